The lowest BCUT2D eigenvalue weighted by atomic mass is 9.97. The fourth-order valence-electron chi connectivity index (χ4n) is 3.19. The Morgan fingerprint density at radius 3 is 3.05 bits per heavy atom. The zero-order valence-electron chi connectivity index (χ0n) is 11.6. The minimum absolute atomic E-state index is 0.0676. The van der Waals surface area contributed by atoms with Gasteiger partial charge in [-0.15, -0.1) is 11.3 Å². The molecule has 2 heterocycles. The van der Waals surface area contributed by atoms with Gasteiger partial charge in [0.2, 0.25) is 0 Å². The number of aryl methyl sites for hydroxylation is 1. The van der Waals surface area contributed by atoms with Gasteiger partial charge in [-0.1, -0.05) is 6.42 Å². The molecule has 0 spiro atoms. The lowest BCUT2D eigenvalue weighted by molar-refractivity contribution is 0.0942. The molecule has 0 radical (unpaired) electrons. The van der Waals surface area contributed by atoms with Crippen LogP contribution in [-0.4, -0.2) is 29.9 Å². The molecule has 1 saturated carbocycles. The van der Waals surface area contributed by atoms with E-state index in [4.69, 9.17) is 0 Å². The topological polar surface area (TPSA) is 49.3 Å². The Hall–Kier alpha value is -0.520. The number of aliphatic hydroxyl groups excluding tert-OH is 1. The number of aliphatic hydroxyl groups is 1. The van der Waals surface area contributed by atoms with E-state index in [1.54, 1.807) is 11.3 Å². The molecular formula is C15H21NO2S2. The summed E-state index contributed by atoms with van der Waals surface area (Å²) in [6, 6.07) is 2.07. The van der Waals surface area contributed by atoms with E-state index >= 15 is 0 Å². The Bertz CT molecular complexity index is 463. The van der Waals surface area contributed by atoms with E-state index in [1.165, 1.54) is 22.6 Å². The van der Waals surface area contributed by atoms with E-state index in [-0.39, 0.29) is 12.5 Å². The molecule has 3 rings (SSSR count). The van der Waals surface area contributed by atoms with E-state index in [0.717, 1.165) is 29.9 Å². The van der Waals surface area contributed by atoms with E-state index in [2.05, 4.69) is 11.4 Å². The fraction of sp³-hybridized carbons (Fsp3) is 0.667. The normalized spacial score (nSPS) is 25.4. The van der Waals surface area contributed by atoms with Crippen molar-refractivity contribution in [2.24, 2.45) is 11.8 Å². The van der Waals surface area contributed by atoms with Gasteiger partial charge in [0.05, 0.1) is 4.88 Å². The molecule has 1 aromatic rings. The number of nitrogens with one attached hydrogen (secondary N) is 1. The Labute approximate surface area is 128 Å². The van der Waals surface area contributed by atoms with Crippen LogP contribution in [0.25, 0.3) is 0 Å². The van der Waals surface area contributed by atoms with Crippen molar-refractivity contribution in [1.82, 2.24) is 5.32 Å². The number of carbonyl (C=O) groups excluding carboxylic acids is 1. The number of thioether (sulfide) groups is 1. The third kappa shape index (κ3) is 3.05. The van der Waals surface area contributed by atoms with Gasteiger partial charge in [-0.05, 0) is 48.5 Å². The molecule has 2 atom stereocenters. The quantitative estimate of drug-likeness (QED) is 0.899. The highest BCUT2D eigenvalue weighted by molar-refractivity contribution is 7.98. The fourth-order valence-corrected chi connectivity index (χ4v) is 5.48. The van der Waals surface area contributed by atoms with Gasteiger partial charge in [0.15, 0.2) is 0 Å². The molecule has 5 heteroatoms. The second kappa shape index (κ2) is 6.50. The summed E-state index contributed by atoms with van der Waals surface area (Å²) in [4.78, 5) is 14.5. The molecule has 1 aliphatic carbocycles. The van der Waals surface area contributed by atoms with Crippen LogP contribution in [0.1, 0.15) is 39.4 Å². The van der Waals surface area contributed by atoms with Crippen molar-refractivity contribution in [2.45, 2.75) is 31.4 Å². The zero-order valence-corrected chi connectivity index (χ0v) is 13.2. The maximum atomic E-state index is 12.2. The van der Waals surface area contributed by atoms with Crippen LogP contribution < -0.4 is 5.32 Å². The maximum absolute atomic E-state index is 12.2. The van der Waals surface area contributed by atoms with Gasteiger partial charge in [-0.25, -0.2) is 0 Å². The van der Waals surface area contributed by atoms with Gasteiger partial charge in [0.25, 0.3) is 5.91 Å². The number of carbonyl (C=O) groups is 1. The first-order chi connectivity index (χ1) is 9.78. The minimum atomic E-state index is 0.0676. The summed E-state index contributed by atoms with van der Waals surface area (Å²) in [7, 11) is 0. The molecular weight excluding hydrogens is 290 g/mol. The first-order valence-electron chi connectivity index (χ1n) is 7.36. The van der Waals surface area contributed by atoms with Crippen LogP contribution in [0.2, 0.25) is 0 Å². The van der Waals surface area contributed by atoms with E-state index in [9.17, 15) is 9.90 Å². The number of hydrogen-bond acceptors (Lipinski definition) is 4. The minimum Gasteiger partial charge on any atom is -0.396 e. The van der Waals surface area contributed by atoms with Gasteiger partial charge < -0.3 is 10.4 Å². The molecule has 3 nitrogen and oxygen atoms in total. The third-order valence-corrected chi connectivity index (χ3v) is 6.67. The van der Waals surface area contributed by atoms with E-state index in [1.807, 2.05) is 11.8 Å². The summed E-state index contributed by atoms with van der Waals surface area (Å²) in [5.74, 6) is 3.12. The highest BCUT2D eigenvalue weighted by atomic mass is 32.2. The average Bonchev–Trinajstić information content (AvgIpc) is 3.10. The zero-order chi connectivity index (χ0) is 13.9. The monoisotopic (exact) mass is 311 g/mol. The number of thiophene rings is 1. The predicted molar refractivity (Wildman–Crippen MR) is 84.4 cm³/mol. The summed E-state index contributed by atoms with van der Waals surface area (Å²) in [5.41, 5.74) is 1.35. The van der Waals surface area contributed by atoms with Crippen molar-refractivity contribution in [3.05, 3.63) is 21.4 Å². The average molecular weight is 311 g/mol. The van der Waals surface area contributed by atoms with Gasteiger partial charge in [0, 0.05) is 23.8 Å². The Balaban J connectivity index is 1.57. The van der Waals surface area contributed by atoms with Crippen molar-refractivity contribution < 1.29 is 9.90 Å². The molecule has 2 aliphatic rings. The Morgan fingerprint density at radius 2 is 2.25 bits per heavy atom. The number of fused-ring (bicyclic) bond motifs is 1. The SMILES string of the molecule is O=C(NCC1CCCC1CO)c1cc2c(s1)CCSC2. The molecule has 20 heavy (non-hydrogen) atoms. The highest BCUT2D eigenvalue weighted by Gasteiger charge is 2.27. The molecule has 1 aromatic heterocycles. The van der Waals surface area contributed by atoms with Crippen molar-refractivity contribution in [2.75, 3.05) is 18.9 Å². The lowest BCUT2D eigenvalue weighted by Crippen LogP contribution is -2.31. The van der Waals surface area contributed by atoms with Crippen molar-refractivity contribution in [1.29, 1.82) is 0 Å². The van der Waals surface area contributed by atoms with Crippen molar-refractivity contribution in [3.63, 3.8) is 0 Å². The summed E-state index contributed by atoms with van der Waals surface area (Å²) in [5, 5.41) is 12.4. The van der Waals surface area contributed by atoms with Crippen molar-refractivity contribution >= 4 is 29.0 Å². The van der Waals surface area contributed by atoms with Crippen LogP contribution in [0.15, 0.2) is 6.07 Å². The number of rotatable bonds is 4. The summed E-state index contributed by atoms with van der Waals surface area (Å²) < 4.78 is 0. The summed E-state index contributed by atoms with van der Waals surface area (Å²) in [6.07, 6.45) is 4.51. The van der Waals surface area contributed by atoms with Gasteiger partial charge in [-0.2, -0.15) is 11.8 Å². The smallest absolute Gasteiger partial charge is 0.261 e. The standard InChI is InChI=1S/C15H21NO2S2/c17-8-11-3-1-2-10(11)7-16-15(18)14-6-12-9-19-5-4-13(12)20-14/h6,10-11,17H,1-5,7-9H2,(H,16,18). The third-order valence-electron chi connectivity index (χ3n) is 4.43. The van der Waals surface area contributed by atoms with Crippen LogP contribution in [-0.2, 0) is 12.2 Å². The first-order valence-corrected chi connectivity index (χ1v) is 9.33. The summed E-state index contributed by atoms with van der Waals surface area (Å²) in [6.45, 7) is 0.965. The molecule has 1 amide bonds. The van der Waals surface area contributed by atoms with Gasteiger partial charge >= 0.3 is 0 Å². The van der Waals surface area contributed by atoms with Crippen molar-refractivity contribution in [3.8, 4) is 0 Å². The van der Waals surface area contributed by atoms with Gasteiger partial charge in [0.1, 0.15) is 0 Å². The molecule has 1 fully saturated rings. The van der Waals surface area contributed by atoms with Crippen LogP contribution in [0.5, 0.6) is 0 Å². The first kappa shape index (κ1) is 14.4. The second-order valence-electron chi connectivity index (χ2n) is 5.71. The molecule has 0 aromatic carbocycles. The van der Waals surface area contributed by atoms with E-state index in [0.29, 0.717) is 18.4 Å². The van der Waals surface area contributed by atoms with Gasteiger partial charge in [-0.3, -0.25) is 4.79 Å². The van der Waals surface area contributed by atoms with Crippen LogP contribution in [0.3, 0.4) is 0 Å². The molecule has 0 saturated heterocycles. The molecule has 2 N–H and O–H groups in total. The maximum Gasteiger partial charge on any atom is 0.261 e. The highest BCUT2D eigenvalue weighted by Crippen LogP contribution is 2.32. The largest absolute Gasteiger partial charge is 0.396 e. The predicted octanol–water partition coefficient (Wildman–Crippen LogP) is 2.68. The number of hydrogen-bond donors (Lipinski definition) is 2. The van der Waals surface area contributed by atoms with Crippen LogP contribution in [0, 0.1) is 11.8 Å². The second-order valence-corrected chi connectivity index (χ2v) is 7.95. The van der Waals surface area contributed by atoms with Crippen LogP contribution >= 0.6 is 23.1 Å². The molecule has 1 aliphatic heterocycles. The molecule has 0 bridgehead atoms. The Kier molecular flexibility index (Phi) is 4.68. The molecule has 2 unspecified atom stereocenters. The molecule has 110 valence electrons. The summed E-state index contributed by atoms with van der Waals surface area (Å²) >= 11 is 3.60. The Morgan fingerprint density at radius 1 is 1.40 bits per heavy atom. The van der Waals surface area contributed by atoms with Crippen LogP contribution in [0.4, 0.5) is 0 Å². The number of amides is 1. The van der Waals surface area contributed by atoms with E-state index < -0.39 is 0 Å². The lowest BCUT2D eigenvalue weighted by Gasteiger charge is -2.17.